The number of nitrogens with zero attached hydrogens (tertiary/aromatic N) is 4. The van der Waals surface area contributed by atoms with Crippen molar-refractivity contribution in [2.24, 2.45) is 0 Å². The lowest BCUT2D eigenvalue weighted by Crippen LogP contribution is -2.47. The quantitative estimate of drug-likeness (QED) is 0.788. The molecule has 2 aliphatic heterocycles. The summed E-state index contributed by atoms with van der Waals surface area (Å²) in [4.78, 5) is 23.9. The minimum atomic E-state index is -0.283. The van der Waals surface area contributed by atoms with Crippen molar-refractivity contribution in [2.75, 3.05) is 50.8 Å². The Labute approximate surface area is 177 Å². The monoisotopic (exact) mass is 410 g/mol. The normalized spacial score (nSPS) is 17.0. The number of ether oxygens (including phenoxy) is 1. The minimum absolute atomic E-state index is 0.247. The average molecular weight is 411 g/mol. The Morgan fingerprint density at radius 1 is 1.03 bits per heavy atom. The minimum Gasteiger partial charge on any atom is -0.445 e. The van der Waals surface area contributed by atoms with Gasteiger partial charge in [0, 0.05) is 45.9 Å². The molecule has 2 aromatic rings. The van der Waals surface area contributed by atoms with Crippen molar-refractivity contribution in [1.29, 1.82) is 0 Å². The summed E-state index contributed by atoms with van der Waals surface area (Å²) in [6, 6.07) is 14.0. The number of carbonyl (C=O) groups excluding carboxylic acids is 1. The smallest absolute Gasteiger partial charge is 0.410 e. The zero-order valence-corrected chi connectivity index (χ0v) is 17.4. The van der Waals surface area contributed by atoms with Crippen LogP contribution in [0.4, 0.5) is 10.6 Å². The summed E-state index contributed by atoms with van der Waals surface area (Å²) in [5.74, 6) is 0.982. The molecule has 0 bridgehead atoms. The lowest BCUT2D eigenvalue weighted by molar-refractivity contribution is 0.0913. The largest absolute Gasteiger partial charge is 0.445 e. The van der Waals surface area contributed by atoms with E-state index in [-0.39, 0.29) is 19.3 Å². The molecule has 4 rings (SSSR count). The molecule has 7 nitrogen and oxygen atoms in total. The Kier molecular flexibility index (Phi) is 6.81. The van der Waals surface area contributed by atoms with Crippen molar-refractivity contribution in [3.63, 3.8) is 0 Å². The van der Waals surface area contributed by atoms with Crippen LogP contribution in [-0.2, 0) is 24.3 Å². The van der Waals surface area contributed by atoms with E-state index in [1.165, 1.54) is 5.56 Å². The average Bonchev–Trinajstić information content (AvgIpc) is 2.81. The molecule has 7 heteroatoms. The number of aliphatic hydroxyl groups is 1. The van der Waals surface area contributed by atoms with Crippen LogP contribution in [0.5, 0.6) is 0 Å². The van der Waals surface area contributed by atoms with Crippen molar-refractivity contribution in [1.82, 2.24) is 14.8 Å². The third kappa shape index (κ3) is 5.09. The van der Waals surface area contributed by atoms with Gasteiger partial charge in [-0.2, -0.15) is 0 Å². The van der Waals surface area contributed by atoms with Gasteiger partial charge in [0.25, 0.3) is 0 Å². The first-order valence-electron chi connectivity index (χ1n) is 10.8. The molecule has 0 aliphatic carbocycles. The van der Waals surface area contributed by atoms with Crippen molar-refractivity contribution < 1.29 is 14.6 Å². The maximum absolute atomic E-state index is 12.5. The summed E-state index contributed by atoms with van der Waals surface area (Å²) in [7, 11) is 0. The summed E-state index contributed by atoms with van der Waals surface area (Å²) >= 11 is 0. The predicted octanol–water partition coefficient (Wildman–Crippen LogP) is 2.28. The van der Waals surface area contributed by atoms with Gasteiger partial charge in [0.1, 0.15) is 12.4 Å². The molecular weight excluding hydrogens is 380 g/mol. The summed E-state index contributed by atoms with van der Waals surface area (Å²) in [6.45, 7) is 6.46. The first-order valence-corrected chi connectivity index (χ1v) is 10.8. The van der Waals surface area contributed by atoms with Gasteiger partial charge in [0.15, 0.2) is 0 Å². The SMILES string of the molecule is O=C(OCc1ccccc1)N1CCc2ccc(N3CCN(CCCO)CC3)nc2C1. The third-order valence-electron chi connectivity index (χ3n) is 5.84. The second-order valence-electron chi connectivity index (χ2n) is 7.89. The molecule has 1 aromatic carbocycles. The number of carbonyl (C=O) groups is 1. The molecule has 0 radical (unpaired) electrons. The Bertz CT molecular complexity index is 838. The van der Waals surface area contributed by atoms with E-state index >= 15 is 0 Å². The van der Waals surface area contributed by atoms with Gasteiger partial charge in [0.05, 0.1) is 12.2 Å². The number of anilines is 1. The fourth-order valence-corrected chi connectivity index (χ4v) is 4.04. The van der Waals surface area contributed by atoms with Crippen LogP contribution in [0.3, 0.4) is 0 Å². The predicted molar refractivity (Wildman–Crippen MR) is 115 cm³/mol. The highest BCUT2D eigenvalue weighted by Crippen LogP contribution is 2.23. The number of fused-ring (bicyclic) bond motifs is 1. The number of hydrogen-bond acceptors (Lipinski definition) is 6. The van der Waals surface area contributed by atoms with Crippen molar-refractivity contribution in [2.45, 2.75) is 26.0 Å². The van der Waals surface area contributed by atoms with Crippen LogP contribution in [0.1, 0.15) is 23.2 Å². The summed E-state index contributed by atoms with van der Waals surface area (Å²) in [5, 5.41) is 9.01. The molecule has 1 saturated heterocycles. The summed E-state index contributed by atoms with van der Waals surface area (Å²) in [5.41, 5.74) is 3.17. The molecule has 1 aromatic heterocycles. The van der Waals surface area contributed by atoms with Crippen LogP contribution in [-0.4, -0.2) is 71.9 Å². The van der Waals surface area contributed by atoms with E-state index in [0.29, 0.717) is 13.1 Å². The highest BCUT2D eigenvalue weighted by atomic mass is 16.6. The molecule has 2 aliphatic rings. The Hall–Kier alpha value is -2.64. The summed E-state index contributed by atoms with van der Waals surface area (Å²) in [6.07, 6.45) is 1.35. The van der Waals surface area contributed by atoms with Crippen LogP contribution in [0.25, 0.3) is 0 Å². The van der Waals surface area contributed by atoms with Crippen LogP contribution >= 0.6 is 0 Å². The fourth-order valence-electron chi connectivity index (χ4n) is 4.04. The van der Waals surface area contributed by atoms with Crippen LogP contribution < -0.4 is 4.90 Å². The molecule has 160 valence electrons. The number of benzene rings is 1. The van der Waals surface area contributed by atoms with Gasteiger partial charge in [-0.05, 0) is 30.0 Å². The lowest BCUT2D eigenvalue weighted by Gasteiger charge is -2.36. The highest BCUT2D eigenvalue weighted by molar-refractivity contribution is 5.68. The highest BCUT2D eigenvalue weighted by Gasteiger charge is 2.25. The van der Waals surface area contributed by atoms with Gasteiger partial charge in [-0.3, -0.25) is 4.90 Å². The van der Waals surface area contributed by atoms with Gasteiger partial charge in [-0.1, -0.05) is 36.4 Å². The molecule has 0 unspecified atom stereocenters. The van der Waals surface area contributed by atoms with Gasteiger partial charge < -0.3 is 19.6 Å². The second kappa shape index (κ2) is 9.91. The van der Waals surface area contributed by atoms with Crippen molar-refractivity contribution in [3.8, 4) is 0 Å². The van der Waals surface area contributed by atoms with Gasteiger partial charge in [-0.15, -0.1) is 0 Å². The maximum atomic E-state index is 12.5. The number of amides is 1. The van der Waals surface area contributed by atoms with Gasteiger partial charge >= 0.3 is 6.09 Å². The topological polar surface area (TPSA) is 69.1 Å². The third-order valence-corrected chi connectivity index (χ3v) is 5.84. The van der Waals surface area contributed by atoms with Gasteiger partial charge in [0.2, 0.25) is 0 Å². The van der Waals surface area contributed by atoms with E-state index in [2.05, 4.69) is 21.9 Å². The maximum Gasteiger partial charge on any atom is 0.410 e. The van der Waals surface area contributed by atoms with E-state index < -0.39 is 0 Å². The number of rotatable bonds is 6. The number of pyridine rings is 1. The second-order valence-corrected chi connectivity index (χ2v) is 7.89. The van der Waals surface area contributed by atoms with Crippen LogP contribution in [0, 0.1) is 0 Å². The van der Waals surface area contributed by atoms with E-state index in [1.54, 1.807) is 4.90 Å². The molecule has 1 N–H and O–H groups in total. The van der Waals surface area contributed by atoms with Crippen LogP contribution in [0.2, 0.25) is 0 Å². The molecular formula is C23H30N4O3. The van der Waals surface area contributed by atoms with Crippen LogP contribution in [0.15, 0.2) is 42.5 Å². The first kappa shape index (κ1) is 20.6. The van der Waals surface area contributed by atoms with E-state index in [9.17, 15) is 4.79 Å². The molecule has 1 fully saturated rings. The van der Waals surface area contributed by atoms with E-state index in [4.69, 9.17) is 14.8 Å². The number of hydrogen-bond donors (Lipinski definition) is 1. The zero-order chi connectivity index (χ0) is 20.8. The molecule has 0 atom stereocenters. The Morgan fingerprint density at radius 2 is 1.83 bits per heavy atom. The molecule has 30 heavy (non-hydrogen) atoms. The molecule has 0 spiro atoms. The van der Waals surface area contributed by atoms with Crippen molar-refractivity contribution >= 4 is 11.9 Å². The molecule has 0 saturated carbocycles. The Balaban J connectivity index is 1.33. The first-order chi connectivity index (χ1) is 14.7. The fraction of sp³-hybridized carbons (Fsp3) is 0.478. The zero-order valence-electron chi connectivity index (χ0n) is 17.4. The molecule has 3 heterocycles. The van der Waals surface area contributed by atoms with E-state index in [0.717, 1.165) is 62.6 Å². The van der Waals surface area contributed by atoms with E-state index in [1.807, 2.05) is 30.3 Å². The lowest BCUT2D eigenvalue weighted by atomic mass is 10.1. The van der Waals surface area contributed by atoms with Gasteiger partial charge in [-0.25, -0.2) is 9.78 Å². The standard InChI is InChI=1S/C23H30N4O3/c28-16-4-10-25-12-14-26(15-13-25)22-8-7-20-9-11-27(17-21(20)24-22)23(29)30-18-19-5-2-1-3-6-19/h1-3,5-8,28H,4,9-18H2. The summed E-state index contributed by atoms with van der Waals surface area (Å²) < 4.78 is 5.50. The number of piperazine rings is 1. The number of aromatic nitrogens is 1. The van der Waals surface area contributed by atoms with Crippen molar-refractivity contribution in [3.05, 3.63) is 59.3 Å². The number of aliphatic hydroxyl groups excluding tert-OH is 1. The Morgan fingerprint density at radius 3 is 2.60 bits per heavy atom. The molecule has 1 amide bonds.